The summed E-state index contributed by atoms with van der Waals surface area (Å²) in [5, 5.41) is 3.43. The maximum Gasteiger partial charge on any atom is 0.0409 e. The van der Waals surface area contributed by atoms with Crippen LogP contribution < -0.4 is 5.32 Å². The van der Waals surface area contributed by atoms with E-state index in [-0.39, 0.29) is 0 Å². The van der Waals surface area contributed by atoms with Crippen molar-refractivity contribution < 1.29 is 0 Å². The first kappa shape index (κ1) is 15.6. The second-order valence-corrected chi connectivity index (χ2v) is 5.91. The van der Waals surface area contributed by atoms with Gasteiger partial charge in [0.1, 0.15) is 0 Å². The molecule has 0 radical (unpaired) electrons. The molecule has 0 amide bonds. The molecule has 2 heteroatoms. The van der Waals surface area contributed by atoms with E-state index in [2.05, 4.69) is 62.2 Å². The lowest BCUT2D eigenvalue weighted by atomic mass is 10.0. The van der Waals surface area contributed by atoms with E-state index in [0.717, 1.165) is 0 Å². The fourth-order valence-corrected chi connectivity index (χ4v) is 3.25. The van der Waals surface area contributed by atoms with Gasteiger partial charge in [0.15, 0.2) is 0 Å². The zero-order chi connectivity index (χ0) is 13.2. The number of hydrogen-bond acceptors (Lipinski definition) is 2. The predicted molar refractivity (Wildman–Crippen MR) is 84.5 cm³/mol. The van der Waals surface area contributed by atoms with Crippen molar-refractivity contribution in [2.45, 2.75) is 45.6 Å². The van der Waals surface area contributed by atoms with Crippen molar-refractivity contribution in [2.24, 2.45) is 0 Å². The minimum Gasteiger partial charge on any atom is -0.312 e. The van der Waals surface area contributed by atoms with Gasteiger partial charge in [0.05, 0.1) is 0 Å². The maximum atomic E-state index is 3.43. The summed E-state index contributed by atoms with van der Waals surface area (Å²) in [7, 11) is 2.06. The molecule has 0 fully saturated rings. The highest BCUT2D eigenvalue weighted by Gasteiger charge is 2.08. The zero-order valence-electron chi connectivity index (χ0n) is 12.0. The van der Waals surface area contributed by atoms with Gasteiger partial charge in [-0.25, -0.2) is 0 Å². The summed E-state index contributed by atoms with van der Waals surface area (Å²) in [6, 6.07) is 9.61. The highest BCUT2D eigenvalue weighted by Crippen LogP contribution is 2.19. The molecule has 0 bridgehead atoms. The van der Waals surface area contributed by atoms with Crippen LogP contribution in [-0.2, 0) is 6.42 Å². The molecule has 1 rings (SSSR count). The Morgan fingerprint density at radius 3 is 2.39 bits per heavy atom. The number of nitrogens with one attached hydrogen (secondary N) is 1. The van der Waals surface area contributed by atoms with Crippen molar-refractivity contribution in [1.29, 1.82) is 0 Å². The van der Waals surface area contributed by atoms with Gasteiger partial charge in [0.2, 0.25) is 0 Å². The summed E-state index contributed by atoms with van der Waals surface area (Å²) in [6.07, 6.45) is 5.04. The Morgan fingerprint density at radius 1 is 1.11 bits per heavy atom. The lowest BCUT2D eigenvalue weighted by Crippen LogP contribution is -2.18. The molecule has 1 atom stereocenters. The Kier molecular flexibility index (Phi) is 8.19. The van der Waals surface area contributed by atoms with E-state index in [9.17, 15) is 0 Å². The van der Waals surface area contributed by atoms with Crippen LogP contribution in [0.4, 0.5) is 0 Å². The van der Waals surface area contributed by atoms with Gasteiger partial charge in [-0.2, -0.15) is 11.8 Å². The van der Waals surface area contributed by atoms with Gasteiger partial charge in [-0.3, -0.25) is 0 Å². The first-order valence-corrected chi connectivity index (χ1v) is 8.31. The topological polar surface area (TPSA) is 12.0 Å². The molecular weight excluding hydrogens is 238 g/mol. The SMILES string of the molecule is CCCCSCC(NC)c1ccc(CCC)cc1. The number of aryl methyl sites for hydroxylation is 1. The fraction of sp³-hybridized carbons (Fsp3) is 0.625. The lowest BCUT2D eigenvalue weighted by molar-refractivity contribution is 0.661. The van der Waals surface area contributed by atoms with Gasteiger partial charge in [0, 0.05) is 11.8 Å². The van der Waals surface area contributed by atoms with Gasteiger partial charge in [0.25, 0.3) is 0 Å². The monoisotopic (exact) mass is 265 g/mol. The molecule has 1 aromatic rings. The van der Waals surface area contributed by atoms with Crippen LogP contribution in [0.2, 0.25) is 0 Å². The van der Waals surface area contributed by atoms with Gasteiger partial charge in [-0.05, 0) is 36.8 Å². The molecule has 0 aromatic heterocycles. The molecule has 102 valence electrons. The quantitative estimate of drug-likeness (QED) is 0.663. The highest BCUT2D eigenvalue weighted by atomic mass is 32.2. The van der Waals surface area contributed by atoms with Crippen LogP contribution in [0.15, 0.2) is 24.3 Å². The summed E-state index contributed by atoms with van der Waals surface area (Å²) in [4.78, 5) is 0. The van der Waals surface area contributed by atoms with Gasteiger partial charge >= 0.3 is 0 Å². The predicted octanol–water partition coefficient (Wildman–Crippen LogP) is 4.43. The number of benzene rings is 1. The molecule has 0 saturated heterocycles. The molecule has 1 unspecified atom stereocenters. The maximum absolute atomic E-state index is 3.43. The number of unbranched alkanes of at least 4 members (excludes halogenated alkanes) is 1. The smallest absolute Gasteiger partial charge is 0.0409 e. The zero-order valence-corrected chi connectivity index (χ0v) is 12.9. The van der Waals surface area contributed by atoms with Crippen LogP contribution in [0.1, 0.15) is 50.3 Å². The lowest BCUT2D eigenvalue weighted by Gasteiger charge is -2.16. The van der Waals surface area contributed by atoms with Crippen molar-refractivity contribution in [3.05, 3.63) is 35.4 Å². The Labute approximate surface area is 117 Å². The summed E-state index contributed by atoms with van der Waals surface area (Å²) in [6.45, 7) is 4.48. The summed E-state index contributed by atoms with van der Waals surface area (Å²) in [5.41, 5.74) is 2.87. The number of hydrogen-bond donors (Lipinski definition) is 1. The number of thioether (sulfide) groups is 1. The van der Waals surface area contributed by atoms with Crippen LogP contribution in [0, 0.1) is 0 Å². The second-order valence-electron chi connectivity index (χ2n) is 4.76. The molecule has 18 heavy (non-hydrogen) atoms. The van der Waals surface area contributed by atoms with Gasteiger partial charge in [-0.15, -0.1) is 0 Å². The third-order valence-electron chi connectivity index (χ3n) is 3.20. The van der Waals surface area contributed by atoms with E-state index >= 15 is 0 Å². The first-order valence-electron chi connectivity index (χ1n) is 7.15. The molecule has 0 aliphatic heterocycles. The van der Waals surface area contributed by atoms with Crippen LogP contribution in [0.25, 0.3) is 0 Å². The molecular formula is C16H27NS. The summed E-state index contributed by atoms with van der Waals surface area (Å²) < 4.78 is 0. The van der Waals surface area contributed by atoms with Crippen molar-refractivity contribution >= 4 is 11.8 Å². The van der Waals surface area contributed by atoms with Crippen molar-refractivity contribution in [3.8, 4) is 0 Å². The van der Waals surface area contributed by atoms with Gasteiger partial charge in [-0.1, -0.05) is 51.0 Å². The van der Waals surface area contributed by atoms with E-state index in [1.807, 2.05) is 0 Å². The summed E-state index contributed by atoms with van der Waals surface area (Å²) in [5.74, 6) is 2.45. The summed E-state index contributed by atoms with van der Waals surface area (Å²) >= 11 is 2.06. The minimum atomic E-state index is 0.488. The van der Waals surface area contributed by atoms with Crippen LogP contribution in [-0.4, -0.2) is 18.6 Å². The van der Waals surface area contributed by atoms with E-state index in [1.54, 1.807) is 0 Å². The molecule has 0 aliphatic rings. The Morgan fingerprint density at radius 2 is 1.83 bits per heavy atom. The first-order chi connectivity index (χ1) is 8.81. The molecule has 0 heterocycles. The molecule has 0 spiro atoms. The second kappa shape index (κ2) is 9.46. The molecule has 1 aromatic carbocycles. The average Bonchev–Trinajstić information content (AvgIpc) is 2.41. The largest absolute Gasteiger partial charge is 0.312 e. The Bertz CT molecular complexity index is 307. The Balaban J connectivity index is 2.48. The van der Waals surface area contributed by atoms with E-state index in [1.165, 1.54) is 48.3 Å². The molecule has 0 aliphatic carbocycles. The van der Waals surface area contributed by atoms with Gasteiger partial charge < -0.3 is 5.32 Å². The van der Waals surface area contributed by atoms with Crippen molar-refractivity contribution in [2.75, 3.05) is 18.6 Å². The van der Waals surface area contributed by atoms with Crippen LogP contribution in [0.5, 0.6) is 0 Å². The van der Waals surface area contributed by atoms with E-state index in [4.69, 9.17) is 0 Å². The van der Waals surface area contributed by atoms with Crippen LogP contribution in [0.3, 0.4) is 0 Å². The molecule has 1 nitrogen and oxygen atoms in total. The highest BCUT2D eigenvalue weighted by molar-refractivity contribution is 7.99. The van der Waals surface area contributed by atoms with E-state index in [0.29, 0.717) is 6.04 Å². The normalized spacial score (nSPS) is 12.6. The average molecular weight is 265 g/mol. The molecule has 0 saturated carbocycles. The molecule has 1 N–H and O–H groups in total. The Hall–Kier alpha value is -0.470. The third-order valence-corrected chi connectivity index (χ3v) is 4.34. The third kappa shape index (κ3) is 5.45. The standard InChI is InChI=1S/C16H27NS/c1-4-6-12-18-13-16(17-3)15-10-8-14(7-5-2)9-11-15/h8-11,16-17H,4-7,12-13H2,1-3H3. The van der Waals surface area contributed by atoms with Crippen molar-refractivity contribution in [1.82, 2.24) is 5.32 Å². The van der Waals surface area contributed by atoms with Crippen LogP contribution >= 0.6 is 11.8 Å². The van der Waals surface area contributed by atoms with E-state index < -0.39 is 0 Å². The number of rotatable bonds is 9. The minimum absolute atomic E-state index is 0.488. The van der Waals surface area contributed by atoms with Crippen molar-refractivity contribution in [3.63, 3.8) is 0 Å². The fourth-order valence-electron chi connectivity index (χ4n) is 2.00.